The van der Waals surface area contributed by atoms with Crippen LogP contribution in [0.5, 0.6) is 0 Å². The van der Waals surface area contributed by atoms with E-state index in [2.05, 4.69) is 4.98 Å². The van der Waals surface area contributed by atoms with E-state index in [1.165, 1.54) is 11.8 Å². The lowest BCUT2D eigenvalue weighted by Gasteiger charge is -1.97. The molecule has 0 saturated heterocycles. The number of nitrogens with zero attached hydrogens (tertiary/aromatic N) is 1. The van der Waals surface area contributed by atoms with Crippen molar-refractivity contribution in [2.45, 2.75) is 10.8 Å². The van der Waals surface area contributed by atoms with Crippen molar-refractivity contribution in [2.75, 3.05) is 0 Å². The quantitative estimate of drug-likeness (QED) is 0.372. The summed E-state index contributed by atoms with van der Waals surface area (Å²) in [7, 11) is 0. The van der Waals surface area contributed by atoms with Gasteiger partial charge in [-0.05, 0) is 24.3 Å². The Morgan fingerprint density at radius 3 is 3.00 bits per heavy atom. The smallest absolute Gasteiger partial charge is 0.300 e. The van der Waals surface area contributed by atoms with Crippen LogP contribution >= 0.6 is 11.8 Å². The number of aromatic nitrogens is 1. The fourth-order valence-electron chi connectivity index (χ4n) is 1.23. The van der Waals surface area contributed by atoms with Crippen LogP contribution in [-0.4, -0.2) is 10.9 Å². The minimum absolute atomic E-state index is 0.212. The fourth-order valence-corrected chi connectivity index (χ4v) is 1.98. The van der Waals surface area contributed by atoms with Crippen molar-refractivity contribution >= 4 is 17.7 Å². The highest BCUT2D eigenvalue weighted by Crippen LogP contribution is 2.21. The number of hydrazine groups is 1. The summed E-state index contributed by atoms with van der Waals surface area (Å²) in [6, 6.07) is 9.05. The van der Waals surface area contributed by atoms with Crippen LogP contribution in [0.4, 0.5) is 0 Å². The minimum atomic E-state index is -0.431. The van der Waals surface area contributed by atoms with Gasteiger partial charge in [-0.1, -0.05) is 17.8 Å². The first-order chi connectivity index (χ1) is 8.29. The molecule has 0 aliphatic carbocycles. The lowest BCUT2D eigenvalue weighted by atomic mass is 10.4. The van der Waals surface area contributed by atoms with E-state index in [0.29, 0.717) is 11.5 Å². The molecule has 0 atom stereocenters. The molecule has 2 rings (SSSR count). The number of furan rings is 1. The molecule has 0 fully saturated rings. The lowest BCUT2D eigenvalue weighted by molar-refractivity contribution is 0.0924. The zero-order valence-electron chi connectivity index (χ0n) is 8.92. The van der Waals surface area contributed by atoms with Gasteiger partial charge in [0.1, 0.15) is 5.76 Å². The summed E-state index contributed by atoms with van der Waals surface area (Å²) < 4.78 is 5.32. The number of hydrogen-bond acceptors (Lipinski definition) is 5. The maximum Gasteiger partial charge on any atom is 0.300 e. The molecule has 1 amide bonds. The van der Waals surface area contributed by atoms with Crippen molar-refractivity contribution in [2.24, 2.45) is 5.84 Å². The zero-order chi connectivity index (χ0) is 12.1. The number of hydrogen-bond donors (Lipinski definition) is 2. The van der Waals surface area contributed by atoms with Crippen LogP contribution in [0.25, 0.3) is 0 Å². The molecule has 3 N–H and O–H groups in total. The monoisotopic (exact) mass is 249 g/mol. The van der Waals surface area contributed by atoms with Crippen LogP contribution in [0, 0.1) is 0 Å². The summed E-state index contributed by atoms with van der Waals surface area (Å²) in [5.41, 5.74) is 2.02. The van der Waals surface area contributed by atoms with E-state index < -0.39 is 5.91 Å². The molecule has 88 valence electrons. The Morgan fingerprint density at radius 2 is 2.29 bits per heavy atom. The van der Waals surface area contributed by atoms with Crippen LogP contribution in [0.1, 0.15) is 16.3 Å². The Morgan fingerprint density at radius 1 is 1.41 bits per heavy atom. The molecular weight excluding hydrogens is 238 g/mol. The van der Waals surface area contributed by atoms with Crippen LogP contribution < -0.4 is 11.3 Å². The Bertz CT molecular complexity index is 498. The Balaban J connectivity index is 1.96. The summed E-state index contributed by atoms with van der Waals surface area (Å²) >= 11 is 1.54. The van der Waals surface area contributed by atoms with E-state index in [-0.39, 0.29) is 5.76 Å². The third-order valence-corrected chi connectivity index (χ3v) is 2.98. The van der Waals surface area contributed by atoms with Gasteiger partial charge in [0.25, 0.3) is 0 Å². The second-order valence-corrected chi connectivity index (χ2v) is 4.19. The maximum atomic E-state index is 11.2. The van der Waals surface area contributed by atoms with Crippen molar-refractivity contribution in [1.82, 2.24) is 10.4 Å². The van der Waals surface area contributed by atoms with Crippen molar-refractivity contribution < 1.29 is 9.21 Å². The molecule has 5 nitrogen and oxygen atoms in total. The largest absolute Gasteiger partial charge is 0.455 e. The fraction of sp³-hybridized carbons (Fsp3) is 0.0909. The standard InChI is InChI=1S/C11H11N3O2S/c12-14-11(15)9-5-4-8(16-9)7-17-10-3-1-2-6-13-10/h1-6H,7,12H2,(H,14,15). The summed E-state index contributed by atoms with van der Waals surface area (Å²) in [5.74, 6) is 6.11. The summed E-state index contributed by atoms with van der Waals surface area (Å²) in [6.07, 6.45) is 1.73. The first-order valence-electron chi connectivity index (χ1n) is 4.93. The average molecular weight is 249 g/mol. The Hall–Kier alpha value is -1.79. The lowest BCUT2D eigenvalue weighted by Crippen LogP contribution is -2.29. The molecule has 0 saturated carbocycles. The summed E-state index contributed by atoms with van der Waals surface area (Å²) in [4.78, 5) is 15.3. The van der Waals surface area contributed by atoms with E-state index >= 15 is 0 Å². The summed E-state index contributed by atoms with van der Waals surface area (Å²) in [6.45, 7) is 0. The van der Waals surface area contributed by atoms with Crippen LogP contribution in [-0.2, 0) is 5.75 Å². The number of nitrogens with two attached hydrogens (primary N) is 1. The van der Waals surface area contributed by atoms with E-state index in [1.807, 2.05) is 23.6 Å². The second-order valence-electron chi connectivity index (χ2n) is 3.20. The number of pyridine rings is 1. The highest BCUT2D eigenvalue weighted by molar-refractivity contribution is 7.98. The molecule has 2 aromatic heterocycles. The van der Waals surface area contributed by atoms with Gasteiger partial charge in [-0.3, -0.25) is 10.2 Å². The third-order valence-electron chi connectivity index (χ3n) is 2.02. The maximum absolute atomic E-state index is 11.2. The predicted molar refractivity (Wildman–Crippen MR) is 64.2 cm³/mol. The summed E-state index contributed by atoms with van der Waals surface area (Å²) in [5, 5.41) is 0.911. The van der Waals surface area contributed by atoms with E-state index in [9.17, 15) is 4.79 Å². The van der Waals surface area contributed by atoms with Gasteiger partial charge in [0.2, 0.25) is 0 Å². The van der Waals surface area contributed by atoms with Crippen LogP contribution in [0.2, 0.25) is 0 Å². The molecule has 0 radical (unpaired) electrons. The molecule has 6 heteroatoms. The van der Waals surface area contributed by atoms with Gasteiger partial charge < -0.3 is 4.42 Å². The third kappa shape index (κ3) is 3.08. The predicted octanol–water partition coefficient (Wildman–Crippen LogP) is 1.57. The van der Waals surface area contributed by atoms with Gasteiger partial charge in [-0.15, -0.1) is 0 Å². The van der Waals surface area contributed by atoms with Gasteiger partial charge in [0, 0.05) is 6.20 Å². The van der Waals surface area contributed by atoms with Crippen molar-refractivity contribution in [3.8, 4) is 0 Å². The van der Waals surface area contributed by atoms with E-state index in [0.717, 1.165) is 5.03 Å². The number of amides is 1. The normalized spacial score (nSPS) is 10.2. The molecule has 0 unspecified atom stereocenters. The number of rotatable bonds is 4. The first-order valence-corrected chi connectivity index (χ1v) is 5.91. The first kappa shape index (κ1) is 11.7. The average Bonchev–Trinajstić information content (AvgIpc) is 2.85. The Kier molecular flexibility index (Phi) is 3.79. The molecule has 17 heavy (non-hydrogen) atoms. The molecular formula is C11H11N3O2S. The zero-order valence-corrected chi connectivity index (χ0v) is 9.74. The van der Waals surface area contributed by atoms with Gasteiger partial charge in [0.05, 0.1) is 10.8 Å². The van der Waals surface area contributed by atoms with Crippen LogP contribution in [0.3, 0.4) is 0 Å². The highest BCUT2D eigenvalue weighted by atomic mass is 32.2. The van der Waals surface area contributed by atoms with Gasteiger partial charge >= 0.3 is 5.91 Å². The van der Waals surface area contributed by atoms with Gasteiger partial charge in [0.15, 0.2) is 5.76 Å². The van der Waals surface area contributed by atoms with Gasteiger partial charge in [-0.25, -0.2) is 10.8 Å². The topological polar surface area (TPSA) is 81.1 Å². The van der Waals surface area contributed by atoms with Crippen molar-refractivity contribution in [3.05, 3.63) is 48.0 Å². The molecule has 2 aromatic rings. The van der Waals surface area contributed by atoms with E-state index in [1.54, 1.807) is 18.3 Å². The second kappa shape index (κ2) is 5.51. The van der Waals surface area contributed by atoms with Gasteiger partial charge in [-0.2, -0.15) is 0 Å². The molecule has 0 aliphatic heterocycles. The highest BCUT2D eigenvalue weighted by Gasteiger charge is 2.09. The Labute approximate surface area is 102 Å². The minimum Gasteiger partial charge on any atom is -0.455 e. The van der Waals surface area contributed by atoms with Crippen molar-refractivity contribution in [3.63, 3.8) is 0 Å². The molecule has 0 spiro atoms. The molecule has 0 aliphatic rings. The number of carbonyl (C=O) groups is 1. The number of nitrogens with one attached hydrogen (secondary N) is 1. The molecule has 0 aromatic carbocycles. The SMILES string of the molecule is NNC(=O)c1ccc(CSc2ccccn2)o1. The van der Waals surface area contributed by atoms with Crippen LogP contribution in [0.15, 0.2) is 46.0 Å². The van der Waals surface area contributed by atoms with Crippen molar-refractivity contribution in [1.29, 1.82) is 0 Å². The number of nitrogen functional groups attached to an aromatic ring is 1. The number of carbonyl (C=O) groups excluding carboxylic acids is 1. The number of thioether (sulfide) groups is 1. The van der Waals surface area contributed by atoms with E-state index in [4.69, 9.17) is 10.3 Å². The molecule has 0 bridgehead atoms. The molecule has 2 heterocycles.